The Bertz CT molecular complexity index is 412. The zero-order chi connectivity index (χ0) is 11.8. The normalized spacial score (nSPS) is 16.9. The molecule has 2 nitrogen and oxygen atoms in total. The van der Waals surface area contributed by atoms with Crippen molar-refractivity contribution in [2.45, 2.75) is 18.4 Å². The summed E-state index contributed by atoms with van der Waals surface area (Å²) in [4.78, 5) is 11.2. The van der Waals surface area contributed by atoms with Gasteiger partial charge in [0.15, 0.2) is 0 Å². The van der Waals surface area contributed by atoms with E-state index in [0.717, 1.165) is 6.07 Å². The number of alkyl halides is 1. The second kappa shape index (κ2) is 4.01. The quantitative estimate of drug-likeness (QED) is 0.814. The molecule has 1 aliphatic rings. The highest BCUT2D eigenvalue weighted by Crippen LogP contribution is 2.45. The minimum atomic E-state index is -0.638. The summed E-state index contributed by atoms with van der Waals surface area (Å²) in [5.41, 5.74) is -0.155. The van der Waals surface area contributed by atoms with Gasteiger partial charge in [-0.1, -0.05) is 0 Å². The topological polar surface area (TPSA) is 29.1 Å². The van der Waals surface area contributed by atoms with Gasteiger partial charge in [0.2, 0.25) is 5.91 Å². The van der Waals surface area contributed by atoms with Crippen molar-refractivity contribution in [2.75, 3.05) is 5.88 Å². The van der Waals surface area contributed by atoms with E-state index in [-0.39, 0.29) is 11.8 Å². The molecule has 86 valence electrons. The molecule has 1 aromatic carbocycles. The lowest BCUT2D eigenvalue weighted by Crippen LogP contribution is -2.35. The lowest BCUT2D eigenvalue weighted by Gasteiger charge is -2.17. The van der Waals surface area contributed by atoms with Gasteiger partial charge in [-0.25, -0.2) is 8.78 Å². The van der Waals surface area contributed by atoms with Gasteiger partial charge < -0.3 is 5.32 Å². The van der Waals surface area contributed by atoms with Crippen LogP contribution in [0, 0.1) is 11.6 Å². The van der Waals surface area contributed by atoms with E-state index < -0.39 is 17.2 Å². The zero-order valence-corrected chi connectivity index (χ0v) is 9.15. The van der Waals surface area contributed by atoms with Crippen LogP contribution in [0.15, 0.2) is 18.2 Å². The average molecular weight is 246 g/mol. The minimum absolute atomic E-state index is 0.153. The highest BCUT2D eigenvalue weighted by atomic mass is 35.5. The number of rotatable bonds is 3. The molecule has 1 aromatic rings. The van der Waals surface area contributed by atoms with E-state index in [0.29, 0.717) is 18.4 Å². The molecular weight excluding hydrogens is 236 g/mol. The molecule has 0 radical (unpaired) electrons. The first kappa shape index (κ1) is 11.3. The Kier molecular flexibility index (Phi) is 2.84. The molecule has 0 bridgehead atoms. The van der Waals surface area contributed by atoms with Crippen LogP contribution in [0.25, 0.3) is 0 Å². The molecule has 0 unspecified atom stereocenters. The number of hydrogen-bond donors (Lipinski definition) is 1. The maximum atomic E-state index is 13.0. The molecule has 1 saturated carbocycles. The minimum Gasteiger partial charge on any atom is -0.346 e. The fourth-order valence-corrected chi connectivity index (χ4v) is 1.81. The highest BCUT2D eigenvalue weighted by molar-refractivity contribution is 6.27. The van der Waals surface area contributed by atoms with E-state index in [1.807, 2.05) is 0 Å². The first-order chi connectivity index (χ1) is 7.55. The summed E-state index contributed by atoms with van der Waals surface area (Å²) in [5, 5.41) is 2.68. The van der Waals surface area contributed by atoms with Gasteiger partial charge in [0, 0.05) is 6.07 Å². The molecule has 1 amide bonds. The summed E-state index contributed by atoms with van der Waals surface area (Å²) in [6.45, 7) is 0. The summed E-state index contributed by atoms with van der Waals surface area (Å²) in [5.74, 6) is -1.76. The van der Waals surface area contributed by atoms with E-state index in [9.17, 15) is 13.6 Å². The van der Waals surface area contributed by atoms with Gasteiger partial charge in [-0.05, 0) is 30.5 Å². The highest BCUT2D eigenvalue weighted by Gasteiger charge is 2.45. The molecular formula is C11H10ClF2NO. The largest absolute Gasteiger partial charge is 0.346 e. The van der Waals surface area contributed by atoms with Crippen molar-refractivity contribution in [3.63, 3.8) is 0 Å². The predicted octanol–water partition coefficient (Wildman–Crippen LogP) is 2.31. The number of nitrogens with one attached hydrogen (secondary N) is 1. The average Bonchev–Trinajstić information content (AvgIpc) is 2.97. The van der Waals surface area contributed by atoms with Crippen molar-refractivity contribution < 1.29 is 13.6 Å². The third kappa shape index (κ3) is 2.16. The van der Waals surface area contributed by atoms with Crippen molar-refractivity contribution in [1.82, 2.24) is 5.32 Å². The molecule has 0 aromatic heterocycles. The van der Waals surface area contributed by atoms with E-state index in [2.05, 4.69) is 5.32 Å². The van der Waals surface area contributed by atoms with Crippen LogP contribution < -0.4 is 5.32 Å². The zero-order valence-electron chi connectivity index (χ0n) is 8.40. The van der Waals surface area contributed by atoms with Crippen molar-refractivity contribution in [1.29, 1.82) is 0 Å². The van der Waals surface area contributed by atoms with Crippen LogP contribution in [-0.2, 0) is 10.3 Å². The molecule has 0 heterocycles. The maximum absolute atomic E-state index is 13.0. The molecule has 16 heavy (non-hydrogen) atoms. The van der Waals surface area contributed by atoms with Gasteiger partial charge in [-0.15, -0.1) is 11.6 Å². The maximum Gasteiger partial charge on any atom is 0.235 e. The Morgan fingerprint density at radius 2 is 1.88 bits per heavy atom. The summed E-state index contributed by atoms with van der Waals surface area (Å²) in [7, 11) is 0. The van der Waals surface area contributed by atoms with Crippen molar-refractivity contribution >= 4 is 17.5 Å². The first-order valence-electron chi connectivity index (χ1n) is 4.89. The standard InChI is InChI=1S/C11H10ClF2NO/c12-6-10(16)15-11(1-2-11)7-3-8(13)5-9(14)4-7/h3-5H,1-2,6H2,(H,15,16). The molecule has 0 saturated heterocycles. The summed E-state index contributed by atoms with van der Waals surface area (Å²) in [6.07, 6.45) is 1.36. The second-order valence-electron chi connectivity index (χ2n) is 3.92. The third-order valence-corrected chi connectivity index (χ3v) is 2.91. The summed E-state index contributed by atoms with van der Waals surface area (Å²) in [6, 6.07) is 3.29. The Balaban J connectivity index is 2.26. The lowest BCUT2D eigenvalue weighted by atomic mass is 10.0. The van der Waals surface area contributed by atoms with Gasteiger partial charge in [0.1, 0.15) is 17.5 Å². The second-order valence-corrected chi connectivity index (χ2v) is 4.19. The molecule has 0 spiro atoms. The summed E-state index contributed by atoms with van der Waals surface area (Å²) < 4.78 is 26.1. The molecule has 5 heteroatoms. The fourth-order valence-electron chi connectivity index (χ4n) is 1.74. The monoisotopic (exact) mass is 245 g/mol. The van der Waals surface area contributed by atoms with Crippen LogP contribution in [0.5, 0.6) is 0 Å². The molecule has 0 atom stereocenters. The van der Waals surface area contributed by atoms with Crippen LogP contribution in [0.3, 0.4) is 0 Å². The number of hydrogen-bond acceptors (Lipinski definition) is 1. The van der Waals surface area contributed by atoms with Gasteiger partial charge in [-0.2, -0.15) is 0 Å². The number of benzene rings is 1. The fraction of sp³-hybridized carbons (Fsp3) is 0.364. The number of amides is 1. The molecule has 2 rings (SSSR count). The molecule has 0 aliphatic heterocycles. The summed E-state index contributed by atoms with van der Waals surface area (Å²) >= 11 is 5.38. The van der Waals surface area contributed by atoms with Crippen LogP contribution in [0.2, 0.25) is 0 Å². The van der Waals surface area contributed by atoms with Crippen molar-refractivity contribution in [2.24, 2.45) is 0 Å². The van der Waals surface area contributed by atoms with E-state index in [4.69, 9.17) is 11.6 Å². The third-order valence-electron chi connectivity index (χ3n) is 2.67. The predicted molar refractivity (Wildman–Crippen MR) is 56.1 cm³/mol. The Morgan fingerprint density at radius 3 is 2.31 bits per heavy atom. The van der Waals surface area contributed by atoms with Gasteiger partial charge >= 0.3 is 0 Å². The van der Waals surface area contributed by atoms with Crippen molar-refractivity contribution in [3.05, 3.63) is 35.4 Å². The van der Waals surface area contributed by atoms with E-state index in [1.54, 1.807) is 0 Å². The Hall–Kier alpha value is -1.16. The smallest absolute Gasteiger partial charge is 0.235 e. The van der Waals surface area contributed by atoms with Crippen LogP contribution in [0.4, 0.5) is 8.78 Å². The van der Waals surface area contributed by atoms with Crippen molar-refractivity contribution in [3.8, 4) is 0 Å². The molecule has 1 N–H and O–H groups in total. The van der Waals surface area contributed by atoms with Crippen LogP contribution >= 0.6 is 11.6 Å². The number of halogens is 3. The molecule has 1 aliphatic carbocycles. The van der Waals surface area contributed by atoms with Gasteiger partial charge in [0.25, 0.3) is 0 Å². The van der Waals surface area contributed by atoms with E-state index in [1.165, 1.54) is 12.1 Å². The Morgan fingerprint density at radius 1 is 1.31 bits per heavy atom. The van der Waals surface area contributed by atoms with Crippen LogP contribution in [-0.4, -0.2) is 11.8 Å². The van der Waals surface area contributed by atoms with Crippen LogP contribution in [0.1, 0.15) is 18.4 Å². The SMILES string of the molecule is O=C(CCl)NC1(c2cc(F)cc(F)c2)CC1. The van der Waals surface area contributed by atoms with Gasteiger partial charge in [0.05, 0.1) is 5.54 Å². The lowest BCUT2D eigenvalue weighted by molar-refractivity contribution is -0.119. The number of carbonyl (C=O) groups is 1. The number of carbonyl (C=O) groups excluding carboxylic acids is 1. The Labute approximate surface area is 96.6 Å². The molecule has 1 fully saturated rings. The van der Waals surface area contributed by atoms with Gasteiger partial charge in [-0.3, -0.25) is 4.79 Å². The first-order valence-corrected chi connectivity index (χ1v) is 5.43. The van der Waals surface area contributed by atoms with E-state index >= 15 is 0 Å².